The molecule has 3 rings (SSSR count). The number of carbonyl (C=O) groups excluding carboxylic acids is 1. The van der Waals surface area contributed by atoms with Gasteiger partial charge in [-0.15, -0.1) is 18.3 Å². The topological polar surface area (TPSA) is 26.8 Å². The minimum atomic E-state index is 0.140. The Morgan fingerprint density at radius 3 is 2.77 bits per heavy atom. The number of carbonyl (C=O) groups is 1. The number of hydrogen-bond acceptors (Lipinski definition) is 4. The molecule has 1 unspecified atom stereocenters. The second-order valence-electron chi connectivity index (χ2n) is 7.46. The van der Waals surface area contributed by atoms with Crippen LogP contribution in [0.2, 0.25) is 0 Å². The van der Waals surface area contributed by atoms with Crippen LogP contribution in [-0.2, 0) is 4.79 Å². The van der Waals surface area contributed by atoms with Gasteiger partial charge < -0.3 is 4.90 Å². The molecule has 2 fully saturated rings. The Morgan fingerprint density at radius 1 is 1.19 bits per heavy atom. The number of nitrogens with zero attached hydrogens (tertiary/aromatic N) is 3. The molecular weight excluding hydrogens is 342 g/mol. The molecule has 1 aromatic rings. The van der Waals surface area contributed by atoms with Crippen LogP contribution in [0.3, 0.4) is 0 Å². The molecule has 0 aromatic heterocycles. The zero-order valence-corrected chi connectivity index (χ0v) is 16.7. The summed E-state index contributed by atoms with van der Waals surface area (Å²) in [5.74, 6) is 1.40. The van der Waals surface area contributed by atoms with Crippen molar-refractivity contribution in [3.05, 3.63) is 43.0 Å². The molecule has 0 aliphatic carbocycles. The zero-order valence-electron chi connectivity index (χ0n) is 15.9. The van der Waals surface area contributed by atoms with Gasteiger partial charge in [0.25, 0.3) is 0 Å². The third kappa shape index (κ3) is 4.70. The number of thioether (sulfide) groups is 1. The fourth-order valence-corrected chi connectivity index (χ4v) is 5.06. The Hall–Kier alpha value is -1.30. The summed E-state index contributed by atoms with van der Waals surface area (Å²) in [6.45, 7) is 9.72. The van der Waals surface area contributed by atoms with Crippen LogP contribution in [0.25, 0.3) is 0 Å². The van der Waals surface area contributed by atoms with Gasteiger partial charge in [-0.2, -0.15) is 0 Å². The van der Waals surface area contributed by atoms with Crippen LogP contribution in [0.5, 0.6) is 0 Å². The van der Waals surface area contributed by atoms with Crippen LogP contribution in [-0.4, -0.2) is 78.2 Å². The molecule has 0 saturated carbocycles. The third-order valence-corrected chi connectivity index (χ3v) is 6.84. The second kappa shape index (κ2) is 9.07. The summed E-state index contributed by atoms with van der Waals surface area (Å²) in [5, 5.41) is 0. The van der Waals surface area contributed by atoms with Gasteiger partial charge in [-0.3, -0.25) is 14.6 Å². The van der Waals surface area contributed by atoms with Gasteiger partial charge >= 0.3 is 0 Å². The first-order chi connectivity index (χ1) is 12.6. The summed E-state index contributed by atoms with van der Waals surface area (Å²) in [6.07, 6.45) is 4.53. The number of benzene rings is 1. The zero-order chi connectivity index (χ0) is 18.4. The van der Waals surface area contributed by atoms with Crippen molar-refractivity contribution >= 4 is 17.7 Å². The van der Waals surface area contributed by atoms with Gasteiger partial charge in [-0.1, -0.05) is 24.3 Å². The Kier molecular flexibility index (Phi) is 6.79. The van der Waals surface area contributed by atoms with E-state index in [4.69, 9.17) is 0 Å². The van der Waals surface area contributed by atoms with Crippen molar-refractivity contribution in [2.45, 2.75) is 29.7 Å². The van der Waals surface area contributed by atoms with E-state index >= 15 is 0 Å². The highest BCUT2D eigenvalue weighted by atomic mass is 32.2. The van der Waals surface area contributed by atoms with E-state index in [1.165, 1.54) is 4.90 Å². The molecule has 2 aliphatic rings. The number of piperazine rings is 1. The lowest BCUT2D eigenvalue weighted by atomic mass is 9.86. The molecule has 1 atom stereocenters. The number of rotatable bonds is 6. The van der Waals surface area contributed by atoms with Crippen molar-refractivity contribution in [2.75, 3.05) is 52.1 Å². The lowest BCUT2D eigenvalue weighted by molar-refractivity contribution is -0.130. The number of likely N-dealkylation sites (tertiary alicyclic amines) is 1. The Morgan fingerprint density at radius 2 is 2.00 bits per heavy atom. The van der Waals surface area contributed by atoms with Crippen LogP contribution >= 0.6 is 11.8 Å². The van der Waals surface area contributed by atoms with Gasteiger partial charge in [0, 0.05) is 61.9 Å². The molecule has 1 spiro atoms. The van der Waals surface area contributed by atoms with Crippen molar-refractivity contribution in [1.82, 2.24) is 14.7 Å². The molecule has 26 heavy (non-hydrogen) atoms. The molecule has 2 aliphatic heterocycles. The maximum Gasteiger partial charge on any atom is 0.222 e. The van der Waals surface area contributed by atoms with Crippen molar-refractivity contribution in [2.24, 2.45) is 0 Å². The van der Waals surface area contributed by atoms with Crippen LogP contribution < -0.4 is 0 Å². The monoisotopic (exact) mass is 373 g/mol. The van der Waals surface area contributed by atoms with Crippen LogP contribution in [0, 0.1) is 0 Å². The quantitative estimate of drug-likeness (QED) is 0.566. The Labute approximate surface area is 162 Å². The average molecular weight is 374 g/mol. The van der Waals surface area contributed by atoms with E-state index < -0.39 is 0 Å². The first kappa shape index (κ1) is 19.5. The van der Waals surface area contributed by atoms with E-state index in [0.717, 1.165) is 51.3 Å². The van der Waals surface area contributed by atoms with Crippen molar-refractivity contribution < 1.29 is 4.79 Å². The van der Waals surface area contributed by atoms with E-state index in [1.807, 2.05) is 22.7 Å². The van der Waals surface area contributed by atoms with E-state index in [1.54, 1.807) is 0 Å². The summed E-state index contributed by atoms with van der Waals surface area (Å²) < 4.78 is 0. The fraction of sp³-hybridized carbons (Fsp3) is 0.571. The summed E-state index contributed by atoms with van der Waals surface area (Å²) in [5.41, 5.74) is 0.140. The number of hydrogen-bond donors (Lipinski definition) is 0. The molecule has 4 nitrogen and oxygen atoms in total. The molecule has 1 aromatic carbocycles. The molecule has 2 heterocycles. The molecule has 1 amide bonds. The van der Waals surface area contributed by atoms with Crippen molar-refractivity contribution in [3.63, 3.8) is 0 Å². The summed E-state index contributed by atoms with van der Waals surface area (Å²) in [4.78, 5) is 20.8. The van der Waals surface area contributed by atoms with Gasteiger partial charge in [0.15, 0.2) is 0 Å². The van der Waals surface area contributed by atoms with Gasteiger partial charge in [-0.05, 0) is 32.0 Å². The minimum absolute atomic E-state index is 0.140. The maximum atomic E-state index is 12.4. The molecule has 0 radical (unpaired) electrons. The highest BCUT2D eigenvalue weighted by Gasteiger charge is 2.41. The van der Waals surface area contributed by atoms with Crippen molar-refractivity contribution in [1.29, 1.82) is 0 Å². The van der Waals surface area contributed by atoms with Crippen LogP contribution in [0.1, 0.15) is 19.3 Å². The lowest BCUT2D eigenvalue weighted by Gasteiger charge is -2.49. The Bertz CT molecular complexity index is 609. The summed E-state index contributed by atoms with van der Waals surface area (Å²) in [7, 11) is 2.24. The normalized spacial score (nSPS) is 25.4. The molecule has 0 bridgehead atoms. The highest BCUT2D eigenvalue weighted by molar-refractivity contribution is 7.99. The second-order valence-corrected chi connectivity index (χ2v) is 8.63. The van der Waals surface area contributed by atoms with Gasteiger partial charge in [0.2, 0.25) is 5.91 Å². The van der Waals surface area contributed by atoms with Gasteiger partial charge in [-0.25, -0.2) is 0 Å². The smallest absolute Gasteiger partial charge is 0.222 e. The highest BCUT2D eigenvalue weighted by Crippen LogP contribution is 2.32. The predicted octanol–water partition coefficient (Wildman–Crippen LogP) is 2.96. The number of likely N-dealkylation sites (N-methyl/N-ethyl adjacent to an activating group) is 1. The standard InChI is InChI=1S/C21H31N3OS/c1-3-12-24-13-11-21(10-9-20(24)25)18-23(15-14-22(21)2)16-17-26-19-7-5-4-6-8-19/h3-8H,1,9-18H2,2H3. The molecule has 2 saturated heterocycles. The van der Waals surface area contributed by atoms with Crippen LogP contribution in [0.15, 0.2) is 47.9 Å². The third-order valence-electron chi connectivity index (χ3n) is 5.85. The first-order valence-electron chi connectivity index (χ1n) is 9.63. The average Bonchev–Trinajstić information content (AvgIpc) is 2.81. The van der Waals surface area contributed by atoms with Crippen LogP contribution in [0.4, 0.5) is 0 Å². The minimum Gasteiger partial charge on any atom is -0.339 e. The largest absolute Gasteiger partial charge is 0.339 e. The first-order valence-corrected chi connectivity index (χ1v) is 10.6. The maximum absolute atomic E-state index is 12.4. The number of amides is 1. The molecule has 5 heteroatoms. The fourth-order valence-electron chi connectivity index (χ4n) is 4.12. The predicted molar refractivity (Wildman–Crippen MR) is 110 cm³/mol. The Balaban J connectivity index is 1.57. The molecular formula is C21H31N3OS. The lowest BCUT2D eigenvalue weighted by Crippen LogP contribution is -2.61. The SMILES string of the molecule is C=CCN1CCC2(CCC1=O)CN(CCSc1ccccc1)CCN2C. The molecule has 142 valence electrons. The van der Waals surface area contributed by atoms with E-state index in [2.05, 4.69) is 53.8 Å². The van der Waals surface area contributed by atoms with E-state index in [0.29, 0.717) is 13.0 Å². The summed E-state index contributed by atoms with van der Waals surface area (Å²) >= 11 is 1.93. The van der Waals surface area contributed by atoms with Gasteiger partial charge in [0.05, 0.1) is 0 Å². The van der Waals surface area contributed by atoms with Gasteiger partial charge in [0.1, 0.15) is 0 Å². The van der Waals surface area contributed by atoms with Crippen molar-refractivity contribution in [3.8, 4) is 0 Å². The summed E-state index contributed by atoms with van der Waals surface area (Å²) in [6, 6.07) is 10.6. The van der Waals surface area contributed by atoms with E-state index in [-0.39, 0.29) is 11.4 Å². The van der Waals surface area contributed by atoms with E-state index in [9.17, 15) is 4.79 Å². The molecule has 0 N–H and O–H groups in total.